The third kappa shape index (κ3) is 2.71. The maximum absolute atomic E-state index is 11.2. The zero-order valence-electron chi connectivity index (χ0n) is 7.90. The molecule has 0 amide bonds. The van der Waals surface area contributed by atoms with Gasteiger partial charge in [-0.2, -0.15) is 0 Å². The van der Waals surface area contributed by atoms with Crippen LogP contribution in [0.2, 0.25) is 0 Å². The van der Waals surface area contributed by atoms with Crippen LogP contribution in [0.1, 0.15) is 10.4 Å². The van der Waals surface area contributed by atoms with E-state index in [-0.39, 0.29) is 5.78 Å². The Balaban J connectivity index is 2.68. The van der Waals surface area contributed by atoms with Crippen molar-refractivity contribution in [2.75, 3.05) is 13.2 Å². The molecular weight excluding hydrogens is 178 g/mol. The number of ether oxygens (including phenoxy) is 1. The highest BCUT2D eigenvalue weighted by atomic mass is 16.5. The van der Waals surface area contributed by atoms with E-state index in [0.717, 1.165) is 5.75 Å². The van der Waals surface area contributed by atoms with Gasteiger partial charge in [0, 0.05) is 12.1 Å². The minimum Gasteiger partial charge on any atom is -0.492 e. The van der Waals surface area contributed by atoms with Crippen LogP contribution in [-0.4, -0.2) is 18.9 Å². The Labute approximate surface area is 83.2 Å². The highest BCUT2D eigenvalue weighted by molar-refractivity contribution is 6.04. The fraction of sp³-hybridized carbons (Fsp3) is 0.182. The summed E-state index contributed by atoms with van der Waals surface area (Å²) in [7, 11) is 0. The van der Waals surface area contributed by atoms with E-state index in [0.29, 0.717) is 18.7 Å². The van der Waals surface area contributed by atoms with Gasteiger partial charge in [-0.25, -0.2) is 0 Å². The van der Waals surface area contributed by atoms with Gasteiger partial charge >= 0.3 is 0 Å². The molecule has 1 rings (SSSR count). The average molecular weight is 191 g/mol. The molecule has 0 spiro atoms. The molecule has 1 aromatic rings. The molecule has 74 valence electrons. The van der Waals surface area contributed by atoms with Crippen LogP contribution in [0.25, 0.3) is 0 Å². The van der Waals surface area contributed by atoms with E-state index >= 15 is 0 Å². The fourth-order valence-corrected chi connectivity index (χ4v) is 1.01. The molecule has 0 unspecified atom stereocenters. The predicted molar refractivity (Wildman–Crippen MR) is 55.5 cm³/mol. The zero-order chi connectivity index (χ0) is 10.4. The molecule has 0 aliphatic rings. The van der Waals surface area contributed by atoms with E-state index in [2.05, 4.69) is 6.58 Å². The van der Waals surface area contributed by atoms with Crippen molar-refractivity contribution in [3.63, 3.8) is 0 Å². The van der Waals surface area contributed by atoms with Gasteiger partial charge in [0.25, 0.3) is 0 Å². The van der Waals surface area contributed by atoms with Crippen molar-refractivity contribution in [1.29, 1.82) is 0 Å². The number of rotatable bonds is 5. The first-order valence-electron chi connectivity index (χ1n) is 4.37. The van der Waals surface area contributed by atoms with Gasteiger partial charge < -0.3 is 10.5 Å². The highest BCUT2D eigenvalue weighted by Crippen LogP contribution is 2.12. The third-order valence-electron chi connectivity index (χ3n) is 1.71. The molecule has 0 aliphatic carbocycles. The Morgan fingerprint density at radius 2 is 2.07 bits per heavy atom. The van der Waals surface area contributed by atoms with Crippen LogP contribution in [0.5, 0.6) is 5.75 Å². The Kier molecular flexibility index (Phi) is 3.88. The first-order valence-corrected chi connectivity index (χ1v) is 4.37. The molecule has 3 nitrogen and oxygen atoms in total. The molecule has 0 fully saturated rings. The van der Waals surface area contributed by atoms with Gasteiger partial charge in [-0.1, -0.05) is 6.58 Å². The highest BCUT2D eigenvalue weighted by Gasteiger charge is 2.00. The Morgan fingerprint density at radius 1 is 1.43 bits per heavy atom. The summed E-state index contributed by atoms with van der Waals surface area (Å²) in [6.45, 7) is 4.37. The molecule has 14 heavy (non-hydrogen) atoms. The van der Waals surface area contributed by atoms with Crippen LogP contribution >= 0.6 is 0 Å². The van der Waals surface area contributed by atoms with Crippen LogP contribution in [0.15, 0.2) is 36.9 Å². The second-order valence-corrected chi connectivity index (χ2v) is 2.73. The van der Waals surface area contributed by atoms with Crippen molar-refractivity contribution >= 4 is 5.78 Å². The topological polar surface area (TPSA) is 52.3 Å². The number of ketones is 1. The van der Waals surface area contributed by atoms with E-state index in [4.69, 9.17) is 10.5 Å². The Bertz CT molecular complexity index is 317. The normalized spacial score (nSPS) is 9.50. The molecule has 0 saturated heterocycles. The zero-order valence-corrected chi connectivity index (χ0v) is 7.90. The van der Waals surface area contributed by atoms with Gasteiger partial charge in [-0.15, -0.1) is 0 Å². The molecule has 2 N–H and O–H groups in total. The van der Waals surface area contributed by atoms with Crippen molar-refractivity contribution in [3.05, 3.63) is 42.5 Å². The molecule has 0 saturated carbocycles. The van der Waals surface area contributed by atoms with Crippen molar-refractivity contribution in [1.82, 2.24) is 0 Å². The standard InChI is InChI=1S/C11H13NO2/c1-2-11(13)9-3-5-10(6-4-9)14-8-7-12/h2-6H,1,7-8,12H2. The molecule has 0 radical (unpaired) electrons. The van der Waals surface area contributed by atoms with E-state index < -0.39 is 0 Å². The summed E-state index contributed by atoms with van der Waals surface area (Å²) >= 11 is 0. The quantitative estimate of drug-likeness (QED) is 0.565. The SMILES string of the molecule is C=CC(=O)c1ccc(OCCN)cc1. The summed E-state index contributed by atoms with van der Waals surface area (Å²) in [6, 6.07) is 6.89. The molecule has 0 atom stereocenters. The smallest absolute Gasteiger partial charge is 0.185 e. The van der Waals surface area contributed by atoms with Crippen molar-refractivity contribution in [2.45, 2.75) is 0 Å². The number of nitrogens with two attached hydrogens (primary N) is 1. The van der Waals surface area contributed by atoms with Crippen LogP contribution in [0.3, 0.4) is 0 Å². The number of carbonyl (C=O) groups excluding carboxylic acids is 1. The second kappa shape index (κ2) is 5.19. The lowest BCUT2D eigenvalue weighted by molar-refractivity contribution is 0.104. The van der Waals surface area contributed by atoms with E-state index in [1.807, 2.05) is 0 Å². The molecule has 0 aromatic heterocycles. The minimum absolute atomic E-state index is 0.0876. The first-order chi connectivity index (χ1) is 6.77. The van der Waals surface area contributed by atoms with E-state index in [1.165, 1.54) is 6.08 Å². The first kappa shape index (κ1) is 10.5. The van der Waals surface area contributed by atoms with Crippen molar-refractivity contribution in [2.24, 2.45) is 5.73 Å². The summed E-state index contributed by atoms with van der Waals surface area (Å²) in [4.78, 5) is 11.2. The monoisotopic (exact) mass is 191 g/mol. The molecule has 0 bridgehead atoms. The minimum atomic E-state index is -0.0876. The van der Waals surface area contributed by atoms with Crippen LogP contribution < -0.4 is 10.5 Å². The summed E-state index contributed by atoms with van der Waals surface area (Å²) in [5.41, 5.74) is 5.89. The summed E-state index contributed by atoms with van der Waals surface area (Å²) < 4.78 is 5.26. The largest absolute Gasteiger partial charge is 0.492 e. The second-order valence-electron chi connectivity index (χ2n) is 2.73. The van der Waals surface area contributed by atoms with Crippen LogP contribution in [0, 0.1) is 0 Å². The maximum atomic E-state index is 11.2. The summed E-state index contributed by atoms with van der Waals surface area (Å²) in [5.74, 6) is 0.631. The lowest BCUT2D eigenvalue weighted by Gasteiger charge is -2.04. The van der Waals surface area contributed by atoms with Gasteiger partial charge in [0.15, 0.2) is 5.78 Å². The van der Waals surface area contributed by atoms with Gasteiger partial charge in [0.05, 0.1) is 0 Å². The van der Waals surface area contributed by atoms with Gasteiger partial charge in [0.1, 0.15) is 12.4 Å². The molecule has 0 heterocycles. The molecule has 3 heteroatoms. The number of hydrogen-bond acceptors (Lipinski definition) is 3. The predicted octanol–water partition coefficient (Wildman–Crippen LogP) is 1.39. The third-order valence-corrected chi connectivity index (χ3v) is 1.71. The van der Waals surface area contributed by atoms with Crippen LogP contribution in [-0.2, 0) is 0 Å². The molecule has 1 aromatic carbocycles. The van der Waals surface area contributed by atoms with Gasteiger partial charge in [-0.05, 0) is 30.3 Å². The molecular formula is C11H13NO2. The summed E-state index contributed by atoms with van der Waals surface area (Å²) in [5, 5.41) is 0. The van der Waals surface area contributed by atoms with Gasteiger partial charge in [-0.3, -0.25) is 4.79 Å². The lowest BCUT2D eigenvalue weighted by atomic mass is 10.1. The maximum Gasteiger partial charge on any atom is 0.185 e. The average Bonchev–Trinajstić information content (AvgIpc) is 2.26. The number of carbonyl (C=O) groups is 1. The molecule has 0 aliphatic heterocycles. The number of allylic oxidation sites excluding steroid dienone is 1. The lowest BCUT2D eigenvalue weighted by Crippen LogP contribution is -2.10. The van der Waals surface area contributed by atoms with Crippen molar-refractivity contribution in [3.8, 4) is 5.75 Å². The van der Waals surface area contributed by atoms with E-state index in [1.54, 1.807) is 24.3 Å². The van der Waals surface area contributed by atoms with Gasteiger partial charge in [0.2, 0.25) is 0 Å². The van der Waals surface area contributed by atoms with E-state index in [9.17, 15) is 4.79 Å². The van der Waals surface area contributed by atoms with Crippen molar-refractivity contribution < 1.29 is 9.53 Å². The summed E-state index contributed by atoms with van der Waals surface area (Å²) in [6.07, 6.45) is 1.29. The fourth-order valence-electron chi connectivity index (χ4n) is 1.01. The number of hydrogen-bond donors (Lipinski definition) is 1. The Hall–Kier alpha value is -1.61. The Morgan fingerprint density at radius 3 is 2.57 bits per heavy atom. The number of benzene rings is 1. The van der Waals surface area contributed by atoms with Crippen LogP contribution in [0.4, 0.5) is 0 Å².